The molecule has 22 heavy (non-hydrogen) atoms. The summed E-state index contributed by atoms with van der Waals surface area (Å²) in [5.74, 6) is 0.920. The molecule has 0 spiro atoms. The molecule has 1 N–H and O–H groups in total. The summed E-state index contributed by atoms with van der Waals surface area (Å²) < 4.78 is 8.45. The number of aromatic nitrogens is 1. The highest BCUT2D eigenvalue weighted by Gasteiger charge is 2.15. The van der Waals surface area contributed by atoms with Crippen molar-refractivity contribution in [1.82, 2.24) is 4.98 Å². The number of benzene rings is 1. The van der Waals surface area contributed by atoms with Gasteiger partial charge in [-0.1, -0.05) is 0 Å². The fourth-order valence-corrected chi connectivity index (χ4v) is 3.54. The van der Waals surface area contributed by atoms with Crippen LogP contribution in [-0.2, 0) is 0 Å². The highest BCUT2D eigenvalue weighted by Crippen LogP contribution is 2.40. The number of pyridine rings is 1. The van der Waals surface area contributed by atoms with Gasteiger partial charge in [0.25, 0.3) is 0 Å². The standard InChI is InChI=1S/C14H10Br4N2O2/c1-2-22-11-4-9(16)12(18)8(13(11)21)6-20-14-10(17)3-7(15)5-19-14/h3-6,21H,2H2,1H3. The zero-order valence-electron chi connectivity index (χ0n) is 11.3. The maximum Gasteiger partial charge on any atom is 0.167 e. The smallest absolute Gasteiger partial charge is 0.167 e. The summed E-state index contributed by atoms with van der Waals surface area (Å²) in [5, 5.41) is 10.3. The molecule has 116 valence electrons. The minimum atomic E-state index is 0.0221. The zero-order chi connectivity index (χ0) is 16.3. The summed E-state index contributed by atoms with van der Waals surface area (Å²) in [6, 6.07) is 3.55. The molecule has 0 atom stereocenters. The van der Waals surface area contributed by atoms with Gasteiger partial charge in [0.15, 0.2) is 17.3 Å². The molecule has 1 heterocycles. The van der Waals surface area contributed by atoms with Gasteiger partial charge in [-0.25, -0.2) is 9.98 Å². The number of phenols is 1. The zero-order valence-corrected chi connectivity index (χ0v) is 17.6. The normalized spacial score (nSPS) is 11.1. The van der Waals surface area contributed by atoms with Crippen molar-refractivity contribution in [2.75, 3.05) is 6.61 Å². The Kier molecular flexibility index (Phi) is 6.43. The molecule has 0 unspecified atom stereocenters. The SMILES string of the molecule is CCOc1cc(Br)c(Br)c(C=Nc2ncc(Br)cc2Br)c1O. The molecule has 8 heteroatoms. The maximum atomic E-state index is 10.3. The molecule has 0 aliphatic heterocycles. The van der Waals surface area contributed by atoms with Crippen LogP contribution in [0.1, 0.15) is 12.5 Å². The molecule has 0 fully saturated rings. The Morgan fingerprint density at radius 1 is 1.23 bits per heavy atom. The molecule has 0 aliphatic carbocycles. The lowest BCUT2D eigenvalue weighted by molar-refractivity contribution is 0.317. The van der Waals surface area contributed by atoms with Gasteiger partial charge in [-0.05, 0) is 82.8 Å². The Labute approximate surface area is 161 Å². The first-order chi connectivity index (χ1) is 10.4. The van der Waals surface area contributed by atoms with Crippen LogP contribution in [0.4, 0.5) is 5.82 Å². The van der Waals surface area contributed by atoms with Crippen molar-refractivity contribution in [3.8, 4) is 11.5 Å². The lowest BCUT2D eigenvalue weighted by Crippen LogP contribution is -1.96. The Balaban J connectivity index is 2.46. The fourth-order valence-electron chi connectivity index (χ4n) is 1.62. The summed E-state index contributed by atoms with van der Waals surface area (Å²) in [5.41, 5.74) is 0.509. The highest BCUT2D eigenvalue weighted by molar-refractivity contribution is 9.13. The average molecular weight is 558 g/mol. The highest BCUT2D eigenvalue weighted by atomic mass is 79.9. The molecular weight excluding hydrogens is 548 g/mol. The number of halogens is 4. The number of rotatable bonds is 4. The molecule has 4 nitrogen and oxygen atoms in total. The number of hydrogen-bond acceptors (Lipinski definition) is 4. The third-order valence-electron chi connectivity index (χ3n) is 2.60. The van der Waals surface area contributed by atoms with Crippen LogP contribution in [0.5, 0.6) is 11.5 Å². The van der Waals surface area contributed by atoms with Gasteiger partial charge in [0.2, 0.25) is 0 Å². The van der Waals surface area contributed by atoms with Gasteiger partial charge >= 0.3 is 0 Å². The number of nitrogens with zero attached hydrogens (tertiary/aromatic N) is 2. The number of ether oxygens (including phenoxy) is 1. The third-order valence-corrected chi connectivity index (χ3v) is 5.63. The van der Waals surface area contributed by atoms with Gasteiger partial charge in [0, 0.05) is 25.8 Å². The predicted octanol–water partition coefficient (Wildman–Crippen LogP) is 5.99. The van der Waals surface area contributed by atoms with Crippen LogP contribution in [0, 0.1) is 0 Å². The van der Waals surface area contributed by atoms with Gasteiger partial charge < -0.3 is 9.84 Å². The third kappa shape index (κ3) is 4.10. The minimum absolute atomic E-state index is 0.0221. The first kappa shape index (κ1) is 17.9. The molecule has 1 aromatic carbocycles. The largest absolute Gasteiger partial charge is 0.504 e. The van der Waals surface area contributed by atoms with Gasteiger partial charge in [-0.15, -0.1) is 0 Å². The quantitative estimate of drug-likeness (QED) is 0.470. The van der Waals surface area contributed by atoms with Crippen molar-refractivity contribution in [2.24, 2.45) is 4.99 Å². The van der Waals surface area contributed by atoms with Crippen molar-refractivity contribution < 1.29 is 9.84 Å². The van der Waals surface area contributed by atoms with Crippen LogP contribution < -0.4 is 4.74 Å². The van der Waals surface area contributed by atoms with Gasteiger partial charge in [-0.3, -0.25) is 0 Å². The summed E-state index contributed by atoms with van der Waals surface area (Å²) in [6.07, 6.45) is 3.19. The van der Waals surface area contributed by atoms with Gasteiger partial charge in [0.05, 0.1) is 16.6 Å². The summed E-state index contributed by atoms with van der Waals surface area (Å²) in [4.78, 5) is 8.51. The molecule has 0 saturated carbocycles. The van der Waals surface area contributed by atoms with E-state index in [9.17, 15) is 5.11 Å². The van der Waals surface area contributed by atoms with Gasteiger partial charge in [0.1, 0.15) is 0 Å². The fraction of sp³-hybridized carbons (Fsp3) is 0.143. The van der Waals surface area contributed by atoms with Crippen molar-refractivity contribution >= 4 is 75.8 Å². The second-order valence-corrected chi connectivity index (χ2v) is 7.50. The monoisotopic (exact) mass is 554 g/mol. The number of phenolic OH excluding ortho intramolecular Hbond substituents is 1. The van der Waals surface area contributed by atoms with Crippen LogP contribution in [-0.4, -0.2) is 22.9 Å². The molecule has 0 radical (unpaired) electrons. The molecular formula is C14H10Br4N2O2. The molecule has 0 saturated heterocycles. The average Bonchev–Trinajstić information content (AvgIpc) is 2.47. The van der Waals surface area contributed by atoms with E-state index < -0.39 is 0 Å². The second kappa shape index (κ2) is 7.90. The van der Waals surface area contributed by atoms with E-state index in [1.54, 1.807) is 12.3 Å². The van der Waals surface area contributed by atoms with E-state index in [-0.39, 0.29) is 5.75 Å². The second-order valence-electron chi connectivity index (χ2n) is 4.08. The lowest BCUT2D eigenvalue weighted by Gasteiger charge is -2.11. The molecule has 0 aliphatic rings. The molecule has 0 bridgehead atoms. The van der Waals surface area contributed by atoms with E-state index >= 15 is 0 Å². The Bertz CT molecular complexity index is 735. The molecule has 2 rings (SSSR count). The first-order valence-corrected chi connectivity index (χ1v) is 9.30. The minimum Gasteiger partial charge on any atom is -0.504 e. The summed E-state index contributed by atoms with van der Waals surface area (Å²) in [6.45, 7) is 2.31. The topological polar surface area (TPSA) is 54.7 Å². The Morgan fingerprint density at radius 3 is 2.59 bits per heavy atom. The van der Waals surface area contributed by atoms with Gasteiger partial charge in [-0.2, -0.15) is 0 Å². The lowest BCUT2D eigenvalue weighted by atomic mass is 10.2. The number of aliphatic imine (C=N–C) groups is 1. The molecule has 0 amide bonds. The predicted molar refractivity (Wildman–Crippen MR) is 102 cm³/mol. The molecule has 2 aromatic rings. The van der Waals surface area contributed by atoms with E-state index in [2.05, 4.69) is 73.7 Å². The van der Waals surface area contributed by atoms with Crippen LogP contribution >= 0.6 is 63.7 Å². The van der Waals surface area contributed by atoms with E-state index in [0.717, 1.165) is 13.4 Å². The van der Waals surface area contributed by atoms with Crippen LogP contribution in [0.2, 0.25) is 0 Å². The van der Waals surface area contributed by atoms with E-state index in [0.29, 0.717) is 28.2 Å². The van der Waals surface area contributed by atoms with Crippen molar-refractivity contribution in [1.29, 1.82) is 0 Å². The van der Waals surface area contributed by atoms with Crippen molar-refractivity contribution in [3.63, 3.8) is 0 Å². The first-order valence-electron chi connectivity index (χ1n) is 6.13. The summed E-state index contributed by atoms with van der Waals surface area (Å²) in [7, 11) is 0. The van der Waals surface area contributed by atoms with Crippen LogP contribution in [0.25, 0.3) is 0 Å². The van der Waals surface area contributed by atoms with E-state index in [1.807, 2.05) is 13.0 Å². The number of aromatic hydroxyl groups is 1. The van der Waals surface area contributed by atoms with Crippen molar-refractivity contribution in [2.45, 2.75) is 6.92 Å². The van der Waals surface area contributed by atoms with E-state index in [4.69, 9.17) is 4.74 Å². The number of hydrogen-bond donors (Lipinski definition) is 1. The van der Waals surface area contributed by atoms with Crippen molar-refractivity contribution in [3.05, 3.63) is 41.8 Å². The van der Waals surface area contributed by atoms with E-state index in [1.165, 1.54) is 6.21 Å². The maximum absolute atomic E-state index is 10.3. The Morgan fingerprint density at radius 2 is 1.95 bits per heavy atom. The summed E-state index contributed by atoms with van der Waals surface area (Å²) >= 11 is 13.6. The van der Waals surface area contributed by atoms with Crippen LogP contribution in [0.3, 0.4) is 0 Å². The Hall–Kier alpha value is -0.440. The molecule has 1 aromatic heterocycles. The van der Waals surface area contributed by atoms with Crippen LogP contribution in [0.15, 0.2) is 41.2 Å².